The molecule has 2 aromatic rings. The maximum absolute atomic E-state index is 14.5. The molecule has 0 bridgehead atoms. The number of rotatable bonds is 11. The Morgan fingerprint density at radius 2 is 1.72 bits per heavy atom. The summed E-state index contributed by atoms with van der Waals surface area (Å²) in [5.74, 6) is 0.122. The Kier molecular flexibility index (Phi) is 7.96. The van der Waals surface area contributed by atoms with Crippen LogP contribution in [0.1, 0.15) is 71.0 Å². The minimum Gasteiger partial charge on any atom is -0.491 e. The van der Waals surface area contributed by atoms with Gasteiger partial charge >= 0.3 is 5.63 Å². The third-order valence-electron chi connectivity index (χ3n) is 4.37. The van der Waals surface area contributed by atoms with Crippen LogP contribution in [-0.2, 0) is 6.42 Å². The Bertz CT molecular complexity index is 721. The van der Waals surface area contributed by atoms with Crippen molar-refractivity contribution in [2.75, 3.05) is 6.61 Å². The smallest absolute Gasteiger partial charge is 0.346 e. The molecule has 0 radical (unpaired) electrons. The molecule has 138 valence electrons. The van der Waals surface area contributed by atoms with Crippen LogP contribution in [0.5, 0.6) is 5.75 Å². The predicted molar refractivity (Wildman–Crippen MR) is 99.9 cm³/mol. The molecule has 4 heteroatoms. The van der Waals surface area contributed by atoms with Gasteiger partial charge in [-0.15, -0.1) is 0 Å². The molecule has 0 saturated heterocycles. The second-order valence-electron chi connectivity index (χ2n) is 6.56. The second kappa shape index (κ2) is 10.2. The first-order valence-electron chi connectivity index (χ1n) is 9.55. The highest BCUT2D eigenvalue weighted by molar-refractivity contribution is 5.83. The lowest BCUT2D eigenvalue weighted by Gasteiger charge is -2.08. The molecule has 0 N–H and O–H groups in total. The number of benzene rings is 1. The van der Waals surface area contributed by atoms with Crippen molar-refractivity contribution >= 4 is 10.8 Å². The van der Waals surface area contributed by atoms with Crippen LogP contribution in [0.2, 0.25) is 0 Å². The fraction of sp³-hybridized carbons (Fsp3) is 0.571. The van der Waals surface area contributed by atoms with Crippen LogP contribution in [0.4, 0.5) is 4.39 Å². The number of halogens is 1. The number of aryl methyl sites for hydroxylation is 1. The van der Waals surface area contributed by atoms with Crippen molar-refractivity contribution in [1.82, 2.24) is 0 Å². The van der Waals surface area contributed by atoms with Crippen LogP contribution in [0.15, 0.2) is 27.4 Å². The molecule has 0 saturated carbocycles. The molecule has 0 atom stereocenters. The summed E-state index contributed by atoms with van der Waals surface area (Å²) < 4.78 is 25.1. The molecule has 2 rings (SSSR count). The monoisotopic (exact) mass is 348 g/mol. The highest BCUT2D eigenvalue weighted by atomic mass is 19.1. The maximum Gasteiger partial charge on any atom is 0.346 e. The Balaban J connectivity index is 2.00. The van der Waals surface area contributed by atoms with E-state index in [4.69, 9.17) is 9.15 Å². The molecule has 25 heavy (non-hydrogen) atoms. The van der Waals surface area contributed by atoms with E-state index in [2.05, 4.69) is 6.92 Å². The first kappa shape index (κ1) is 19.5. The van der Waals surface area contributed by atoms with E-state index in [1.165, 1.54) is 32.1 Å². The Morgan fingerprint density at radius 3 is 2.44 bits per heavy atom. The van der Waals surface area contributed by atoms with E-state index in [0.717, 1.165) is 19.3 Å². The van der Waals surface area contributed by atoms with Gasteiger partial charge in [0.25, 0.3) is 0 Å². The lowest BCUT2D eigenvalue weighted by Crippen LogP contribution is -2.06. The summed E-state index contributed by atoms with van der Waals surface area (Å²) in [5, 5.41) is 0.562. The number of fused-ring (bicyclic) bond motifs is 1. The molecule has 1 aromatic carbocycles. The minimum absolute atomic E-state index is 0.0167. The van der Waals surface area contributed by atoms with Gasteiger partial charge in [-0.2, -0.15) is 0 Å². The van der Waals surface area contributed by atoms with Crippen molar-refractivity contribution in [3.63, 3.8) is 0 Å². The van der Waals surface area contributed by atoms with Crippen molar-refractivity contribution in [3.8, 4) is 5.75 Å². The third-order valence-corrected chi connectivity index (χ3v) is 4.37. The van der Waals surface area contributed by atoms with E-state index in [1.807, 2.05) is 6.92 Å². The van der Waals surface area contributed by atoms with Gasteiger partial charge < -0.3 is 9.15 Å². The quantitative estimate of drug-likeness (QED) is 0.467. The van der Waals surface area contributed by atoms with E-state index in [-0.39, 0.29) is 11.1 Å². The molecule has 0 amide bonds. The predicted octanol–water partition coefficient (Wildman–Crippen LogP) is 6.01. The first-order chi connectivity index (χ1) is 12.2. The van der Waals surface area contributed by atoms with Crippen molar-refractivity contribution in [2.45, 2.75) is 71.6 Å². The molecule has 1 heterocycles. The molecule has 0 unspecified atom stereocenters. The zero-order valence-corrected chi connectivity index (χ0v) is 15.4. The van der Waals surface area contributed by atoms with Gasteiger partial charge in [-0.3, -0.25) is 0 Å². The highest BCUT2D eigenvalue weighted by Gasteiger charge is 2.14. The van der Waals surface area contributed by atoms with E-state index in [9.17, 15) is 9.18 Å². The van der Waals surface area contributed by atoms with E-state index >= 15 is 0 Å². The average molecular weight is 348 g/mol. The van der Waals surface area contributed by atoms with Gasteiger partial charge in [-0.05, 0) is 30.4 Å². The van der Waals surface area contributed by atoms with Gasteiger partial charge in [0.2, 0.25) is 0 Å². The number of hydrogen-bond donors (Lipinski definition) is 0. The number of hydrogen-bond acceptors (Lipinski definition) is 3. The molecule has 0 aliphatic carbocycles. The summed E-state index contributed by atoms with van der Waals surface area (Å²) >= 11 is 0. The SMILES string of the molecule is CCCCCCCCCc1cc2ccc(OCCC)c(F)c2c(=O)o1. The van der Waals surface area contributed by atoms with E-state index in [1.54, 1.807) is 18.2 Å². The molecule has 0 aliphatic heterocycles. The van der Waals surface area contributed by atoms with Gasteiger partial charge in [0.15, 0.2) is 11.6 Å². The van der Waals surface area contributed by atoms with Crippen molar-refractivity contribution in [1.29, 1.82) is 0 Å². The zero-order valence-electron chi connectivity index (χ0n) is 15.4. The lowest BCUT2D eigenvalue weighted by molar-refractivity contribution is 0.302. The number of unbranched alkanes of at least 4 members (excludes halogenated alkanes) is 6. The average Bonchev–Trinajstić information content (AvgIpc) is 2.60. The van der Waals surface area contributed by atoms with Crippen LogP contribution in [0.3, 0.4) is 0 Å². The normalized spacial score (nSPS) is 11.2. The molecule has 0 fully saturated rings. The van der Waals surface area contributed by atoms with Gasteiger partial charge in [0.1, 0.15) is 11.1 Å². The summed E-state index contributed by atoms with van der Waals surface area (Å²) in [6.07, 6.45) is 9.94. The molecule has 0 spiro atoms. The van der Waals surface area contributed by atoms with Crippen molar-refractivity contribution in [3.05, 3.63) is 40.2 Å². The van der Waals surface area contributed by atoms with Crippen molar-refractivity contribution < 1.29 is 13.5 Å². The van der Waals surface area contributed by atoms with Gasteiger partial charge in [-0.1, -0.05) is 58.4 Å². The minimum atomic E-state index is -0.623. The summed E-state index contributed by atoms with van der Waals surface area (Å²) in [4.78, 5) is 12.2. The van der Waals surface area contributed by atoms with E-state index in [0.29, 0.717) is 24.2 Å². The summed E-state index contributed by atoms with van der Waals surface area (Å²) in [6, 6.07) is 5.10. The lowest BCUT2D eigenvalue weighted by atomic mass is 10.1. The Labute approximate surface area is 149 Å². The fourth-order valence-corrected chi connectivity index (χ4v) is 2.98. The maximum atomic E-state index is 14.5. The molecular formula is C21H29FO3. The van der Waals surface area contributed by atoms with Crippen LogP contribution in [-0.4, -0.2) is 6.61 Å². The molecule has 3 nitrogen and oxygen atoms in total. The topological polar surface area (TPSA) is 39.4 Å². The highest BCUT2D eigenvalue weighted by Crippen LogP contribution is 2.25. The zero-order chi connectivity index (χ0) is 18.1. The standard InChI is InChI=1S/C21H29FO3/c1-3-5-6-7-8-9-10-11-17-15-16-12-13-18(24-14-4-2)20(22)19(16)21(23)25-17/h12-13,15H,3-11,14H2,1-2H3. The number of ether oxygens (including phenoxy) is 1. The van der Waals surface area contributed by atoms with Crippen LogP contribution >= 0.6 is 0 Å². The largest absolute Gasteiger partial charge is 0.491 e. The van der Waals surface area contributed by atoms with Gasteiger partial charge in [0, 0.05) is 6.42 Å². The van der Waals surface area contributed by atoms with Crippen molar-refractivity contribution in [2.24, 2.45) is 0 Å². The second-order valence-corrected chi connectivity index (χ2v) is 6.56. The summed E-state index contributed by atoms with van der Waals surface area (Å²) in [6.45, 7) is 4.58. The summed E-state index contributed by atoms with van der Waals surface area (Å²) in [5.41, 5.74) is -0.616. The Morgan fingerprint density at radius 1 is 1.00 bits per heavy atom. The van der Waals surface area contributed by atoms with Crippen LogP contribution < -0.4 is 10.4 Å². The van der Waals surface area contributed by atoms with Crippen LogP contribution in [0.25, 0.3) is 10.8 Å². The van der Waals surface area contributed by atoms with Crippen LogP contribution in [0, 0.1) is 5.82 Å². The molecular weight excluding hydrogens is 319 g/mol. The van der Waals surface area contributed by atoms with E-state index < -0.39 is 11.4 Å². The first-order valence-corrected chi connectivity index (χ1v) is 9.55. The molecule has 1 aromatic heterocycles. The fourth-order valence-electron chi connectivity index (χ4n) is 2.98. The summed E-state index contributed by atoms with van der Waals surface area (Å²) in [7, 11) is 0. The van der Waals surface area contributed by atoms with Gasteiger partial charge in [0.05, 0.1) is 6.61 Å². The molecule has 0 aliphatic rings. The Hall–Kier alpha value is -1.84. The van der Waals surface area contributed by atoms with Gasteiger partial charge in [-0.25, -0.2) is 9.18 Å². The third kappa shape index (κ3) is 5.58.